The van der Waals surface area contributed by atoms with Gasteiger partial charge in [-0.05, 0) is 36.6 Å². The first-order valence-corrected chi connectivity index (χ1v) is 7.27. The van der Waals surface area contributed by atoms with Crippen molar-refractivity contribution in [3.63, 3.8) is 0 Å². The minimum absolute atomic E-state index is 0.134. The van der Waals surface area contributed by atoms with Crippen molar-refractivity contribution in [1.82, 2.24) is 4.90 Å². The molecule has 3 heteroatoms. The van der Waals surface area contributed by atoms with E-state index >= 15 is 0 Å². The summed E-state index contributed by atoms with van der Waals surface area (Å²) in [5, 5.41) is 0. The predicted molar refractivity (Wildman–Crippen MR) is 86.8 cm³/mol. The maximum Gasteiger partial charge on any atom is 0.227 e. The summed E-state index contributed by atoms with van der Waals surface area (Å²) < 4.78 is 0. The second-order valence-corrected chi connectivity index (χ2v) is 5.21. The molecule has 21 heavy (non-hydrogen) atoms. The first kappa shape index (κ1) is 15.1. The molecule has 0 fully saturated rings. The van der Waals surface area contributed by atoms with E-state index in [-0.39, 0.29) is 5.91 Å². The van der Waals surface area contributed by atoms with Crippen molar-refractivity contribution in [2.45, 2.75) is 26.8 Å². The largest absolute Gasteiger partial charge is 0.398 e. The molecule has 110 valence electrons. The third-order valence-electron chi connectivity index (χ3n) is 3.75. The molecule has 2 aromatic rings. The topological polar surface area (TPSA) is 46.3 Å². The maximum absolute atomic E-state index is 12.5. The molecule has 0 aromatic heterocycles. The van der Waals surface area contributed by atoms with E-state index in [1.807, 2.05) is 67.3 Å². The molecule has 0 aliphatic heterocycles. The fraction of sp³-hybridized carbons (Fsp3) is 0.278. The van der Waals surface area contributed by atoms with Crippen LogP contribution in [0.15, 0.2) is 48.5 Å². The van der Waals surface area contributed by atoms with Crippen molar-refractivity contribution in [2.75, 3.05) is 12.3 Å². The van der Waals surface area contributed by atoms with Crippen molar-refractivity contribution in [1.29, 1.82) is 0 Å². The number of nitrogens with zero attached hydrogens (tertiary/aromatic N) is 1. The lowest BCUT2D eigenvalue weighted by Crippen LogP contribution is -2.32. The number of amides is 1. The lowest BCUT2D eigenvalue weighted by Gasteiger charge is -2.22. The third kappa shape index (κ3) is 3.85. The highest BCUT2D eigenvalue weighted by Gasteiger charge is 2.14. The van der Waals surface area contributed by atoms with Crippen LogP contribution in [0.4, 0.5) is 5.69 Å². The Bertz CT molecular complexity index is 622. The highest BCUT2D eigenvalue weighted by atomic mass is 16.2. The van der Waals surface area contributed by atoms with Crippen LogP contribution < -0.4 is 5.73 Å². The van der Waals surface area contributed by atoms with E-state index in [9.17, 15) is 4.79 Å². The molecule has 1 amide bonds. The molecule has 0 saturated carbocycles. The molecule has 2 rings (SSSR count). The Labute approximate surface area is 126 Å². The van der Waals surface area contributed by atoms with E-state index in [1.165, 1.54) is 0 Å². The molecule has 0 saturated heterocycles. The van der Waals surface area contributed by atoms with Crippen molar-refractivity contribution in [3.8, 4) is 0 Å². The lowest BCUT2D eigenvalue weighted by molar-refractivity contribution is -0.130. The van der Waals surface area contributed by atoms with Gasteiger partial charge in [0.25, 0.3) is 0 Å². The Morgan fingerprint density at radius 2 is 1.67 bits per heavy atom. The van der Waals surface area contributed by atoms with Crippen LogP contribution in [0.1, 0.15) is 23.6 Å². The predicted octanol–water partition coefficient (Wildman–Crippen LogP) is 3.17. The first-order valence-electron chi connectivity index (χ1n) is 7.27. The van der Waals surface area contributed by atoms with Gasteiger partial charge >= 0.3 is 0 Å². The number of likely N-dealkylation sites (N-methyl/N-ethyl adjacent to an activating group) is 1. The second-order valence-electron chi connectivity index (χ2n) is 5.21. The van der Waals surface area contributed by atoms with Gasteiger partial charge in [-0.1, -0.05) is 42.5 Å². The van der Waals surface area contributed by atoms with Crippen LogP contribution in [0.25, 0.3) is 0 Å². The van der Waals surface area contributed by atoms with Gasteiger partial charge in [-0.2, -0.15) is 0 Å². The number of benzene rings is 2. The summed E-state index contributed by atoms with van der Waals surface area (Å²) in [7, 11) is 0. The Balaban J connectivity index is 2.09. The molecule has 0 atom stereocenters. The van der Waals surface area contributed by atoms with Gasteiger partial charge < -0.3 is 10.6 Å². The minimum atomic E-state index is 0.134. The smallest absolute Gasteiger partial charge is 0.227 e. The van der Waals surface area contributed by atoms with Crippen LogP contribution in [-0.4, -0.2) is 17.4 Å². The van der Waals surface area contributed by atoms with E-state index in [1.54, 1.807) is 0 Å². The summed E-state index contributed by atoms with van der Waals surface area (Å²) in [4.78, 5) is 14.3. The monoisotopic (exact) mass is 282 g/mol. The molecular weight excluding hydrogens is 260 g/mol. The van der Waals surface area contributed by atoms with Crippen LogP contribution in [0.5, 0.6) is 0 Å². The zero-order valence-electron chi connectivity index (χ0n) is 12.7. The zero-order chi connectivity index (χ0) is 15.2. The number of hydrogen-bond acceptors (Lipinski definition) is 2. The molecule has 0 aliphatic carbocycles. The number of rotatable bonds is 5. The minimum Gasteiger partial charge on any atom is -0.398 e. The van der Waals surface area contributed by atoms with Crippen molar-refractivity contribution < 1.29 is 4.79 Å². The average molecular weight is 282 g/mol. The van der Waals surface area contributed by atoms with Crippen molar-refractivity contribution in [3.05, 3.63) is 65.2 Å². The number of carbonyl (C=O) groups excluding carboxylic acids is 1. The number of anilines is 1. The van der Waals surface area contributed by atoms with Crippen LogP contribution in [0.3, 0.4) is 0 Å². The molecule has 0 spiro atoms. The van der Waals surface area contributed by atoms with E-state index in [0.29, 0.717) is 19.5 Å². The van der Waals surface area contributed by atoms with Gasteiger partial charge in [0.2, 0.25) is 5.91 Å². The van der Waals surface area contributed by atoms with E-state index in [0.717, 1.165) is 22.4 Å². The Morgan fingerprint density at radius 3 is 2.29 bits per heavy atom. The highest BCUT2D eigenvalue weighted by molar-refractivity contribution is 5.79. The third-order valence-corrected chi connectivity index (χ3v) is 3.75. The highest BCUT2D eigenvalue weighted by Crippen LogP contribution is 2.15. The number of aryl methyl sites for hydroxylation is 1. The maximum atomic E-state index is 12.5. The number of nitrogen functional groups attached to an aromatic ring is 1. The summed E-state index contributed by atoms with van der Waals surface area (Å²) in [5.41, 5.74) is 9.93. The fourth-order valence-corrected chi connectivity index (χ4v) is 2.34. The summed E-state index contributed by atoms with van der Waals surface area (Å²) in [6.45, 7) is 5.27. The van der Waals surface area contributed by atoms with Gasteiger partial charge in [-0.25, -0.2) is 0 Å². The number of nitrogens with two attached hydrogens (primary N) is 1. The number of hydrogen-bond donors (Lipinski definition) is 1. The van der Waals surface area contributed by atoms with Gasteiger partial charge in [-0.3, -0.25) is 4.79 Å². The van der Waals surface area contributed by atoms with Crippen LogP contribution in [0, 0.1) is 6.92 Å². The van der Waals surface area contributed by atoms with Crippen molar-refractivity contribution in [2.24, 2.45) is 0 Å². The zero-order valence-corrected chi connectivity index (χ0v) is 12.7. The molecule has 0 unspecified atom stereocenters. The fourth-order valence-electron chi connectivity index (χ4n) is 2.34. The van der Waals surface area contributed by atoms with Gasteiger partial charge in [0, 0.05) is 18.8 Å². The van der Waals surface area contributed by atoms with Crippen LogP contribution >= 0.6 is 0 Å². The molecule has 0 heterocycles. The van der Waals surface area contributed by atoms with Gasteiger partial charge in [-0.15, -0.1) is 0 Å². The standard InChI is InChI=1S/C18H22N2O/c1-3-20(13-16-10-6-7-11-17(16)19)18(21)12-15-9-5-4-8-14(15)2/h4-11H,3,12-13,19H2,1-2H3. The molecular formula is C18H22N2O. The molecule has 2 N–H and O–H groups in total. The number of carbonyl (C=O) groups is 1. The average Bonchev–Trinajstić information content (AvgIpc) is 2.48. The lowest BCUT2D eigenvalue weighted by atomic mass is 10.0. The quantitative estimate of drug-likeness (QED) is 0.856. The van der Waals surface area contributed by atoms with Crippen molar-refractivity contribution >= 4 is 11.6 Å². The molecule has 2 aromatic carbocycles. The molecule has 0 aliphatic rings. The van der Waals surface area contributed by atoms with Gasteiger partial charge in [0.1, 0.15) is 0 Å². The SMILES string of the molecule is CCN(Cc1ccccc1N)C(=O)Cc1ccccc1C. The second kappa shape index (κ2) is 6.93. The number of para-hydroxylation sites is 1. The van der Waals surface area contributed by atoms with Gasteiger partial charge in [0.05, 0.1) is 6.42 Å². The summed E-state index contributed by atoms with van der Waals surface area (Å²) in [6.07, 6.45) is 0.438. The molecule has 0 radical (unpaired) electrons. The van der Waals surface area contributed by atoms with Crippen LogP contribution in [-0.2, 0) is 17.8 Å². The summed E-state index contributed by atoms with van der Waals surface area (Å²) in [5.74, 6) is 0.134. The van der Waals surface area contributed by atoms with E-state index < -0.39 is 0 Å². The first-order chi connectivity index (χ1) is 10.1. The molecule has 3 nitrogen and oxygen atoms in total. The Morgan fingerprint density at radius 1 is 1.05 bits per heavy atom. The Hall–Kier alpha value is -2.29. The summed E-state index contributed by atoms with van der Waals surface area (Å²) in [6, 6.07) is 15.7. The van der Waals surface area contributed by atoms with E-state index in [4.69, 9.17) is 5.73 Å². The van der Waals surface area contributed by atoms with E-state index in [2.05, 4.69) is 0 Å². The van der Waals surface area contributed by atoms with Crippen LogP contribution in [0.2, 0.25) is 0 Å². The summed E-state index contributed by atoms with van der Waals surface area (Å²) >= 11 is 0. The molecule has 0 bridgehead atoms. The van der Waals surface area contributed by atoms with Gasteiger partial charge in [0.15, 0.2) is 0 Å². The normalized spacial score (nSPS) is 10.4. The Kier molecular flexibility index (Phi) is 4.99.